The number of thiazole rings is 1. The number of hydrogen-bond acceptors (Lipinski definition) is 13. The molecule has 2 aromatic rings. The maximum Gasteiger partial charge on any atom is 0.451 e. The van der Waals surface area contributed by atoms with Crippen molar-refractivity contribution in [2.75, 3.05) is 18.6 Å². The molecule has 1 fully saturated rings. The summed E-state index contributed by atoms with van der Waals surface area (Å²) in [7, 11) is 1.21. The number of rotatable bonds is 8. The molecule has 4 rings (SSSR count). The third-order valence-electron chi connectivity index (χ3n) is 4.97. The molecule has 1 unspecified atom stereocenters. The van der Waals surface area contributed by atoms with Crippen molar-refractivity contribution in [2.24, 2.45) is 10.9 Å². The number of nitrogens with two attached hydrogens (primary N) is 2. The van der Waals surface area contributed by atoms with Gasteiger partial charge in [0.05, 0.1) is 5.37 Å². The number of aromatic amines is 1. The van der Waals surface area contributed by atoms with Crippen LogP contribution < -0.4 is 16.8 Å². The molecule has 0 aliphatic carbocycles. The summed E-state index contributed by atoms with van der Waals surface area (Å²) in [6.45, 7) is 0. The molecule has 0 saturated carbocycles. The summed E-state index contributed by atoms with van der Waals surface area (Å²) in [6, 6.07) is -1.10. The molecule has 3 atom stereocenters. The number of oxime groups is 1. The van der Waals surface area contributed by atoms with Crippen LogP contribution in [0.2, 0.25) is 0 Å². The molecule has 1 saturated heterocycles. The molecule has 2 amide bonds. The molecule has 20 heteroatoms. The van der Waals surface area contributed by atoms with Gasteiger partial charge in [-0.1, -0.05) is 16.9 Å². The first-order valence-electron chi connectivity index (χ1n) is 9.88. The van der Waals surface area contributed by atoms with E-state index >= 15 is 0 Å². The second-order valence-corrected chi connectivity index (χ2v) is 10.4. The fourth-order valence-electron chi connectivity index (χ4n) is 3.38. The van der Waals surface area contributed by atoms with Crippen molar-refractivity contribution in [3.05, 3.63) is 28.2 Å². The molecule has 7 N–H and O–H groups in total. The molecule has 4 heterocycles. The number of nitrogens with one attached hydrogen (secondary N) is 2. The van der Waals surface area contributed by atoms with Gasteiger partial charge in [0.2, 0.25) is 5.82 Å². The molecule has 198 valence electrons. The van der Waals surface area contributed by atoms with Gasteiger partial charge in [-0.25, -0.2) is 9.78 Å². The van der Waals surface area contributed by atoms with Gasteiger partial charge in [0.1, 0.15) is 29.9 Å². The van der Waals surface area contributed by atoms with Crippen LogP contribution in [0.4, 0.5) is 18.3 Å². The van der Waals surface area contributed by atoms with Crippen molar-refractivity contribution in [2.45, 2.75) is 28.1 Å². The number of nitrogen functional groups attached to an aromatic ring is 1. The zero-order chi connectivity index (χ0) is 27.1. The lowest BCUT2D eigenvalue weighted by molar-refractivity contribution is -0.150. The van der Waals surface area contributed by atoms with Crippen molar-refractivity contribution in [3.8, 4) is 0 Å². The number of carboxylic acid groups (broad SMARTS) is 1. The average Bonchev–Trinajstić information content (AvgIpc) is 3.48. The maximum atomic E-state index is 12.9. The fourth-order valence-corrected chi connectivity index (χ4v) is 6.26. The Labute approximate surface area is 217 Å². The highest BCUT2D eigenvalue weighted by Crippen LogP contribution is 2.42. The number of thioether (sulfide) groups is 2. The Morgan fingerprint density at radius 3 is 2.73 bits per heavy atom. The minimum Gasteiger partial charge on any atom is -0.477 e. The Balaban J connectivity index is 1.51. The highest BCUT2D eigenvalue weighted by Gasteiger charge is 2.55. The van der Waals surface area contributed by atoms with E-state index in [1.54, 1.807) is 0 Å². The lowest BCUT2D eigenvalue weighted by Gasteiger charge is -2.49. The first kappa shape index (κ1) is 26.7. The summed E-state index contributed by atoms with van der Waals surface area (Å²) in [5, 5.41) is 21.7. The number of carboxylic acids is 1. The lowest BCUT2D eigenvalue weighted by Crippen LogP contribution is -2.71. The first-order valence-corrected chi connectivity index (χ1v) is 12.7. The predicted octanol–water partition coefficient (Wildman–Crippen LogP) is 0.0284. The Morgan fingerprint density at radius 2 is 2.16 bits per heavy atom. The molecule has 2 aliphatic rings. The topological polar surface area (TPSA) is 215 Å². The number of fused-ring (bicyclic) bond motifs is 1. The molecule has 0 radical (unpaired) electrons. The molecular weight excluding hydrogens is 563 g/mol. The van der Waals surface area contributed by atoms with Gasteiger partial charge < -0.3 is 31.7 Å². The Morgan fingerprint density at radius 1 is 1.43 bits per heavy atom. The van der Waals surface area contributed by atoms with Crippen molar-refractivity contribution < 1.29 is 37.5 Å². The highest BCUT2D eigenvalue weighted by molar-refractivity contribution is 8.01. The Kier molecular flexibility index (Phi) is 7.35. The number of β-lactam (4-membered cyclic amide) rings is 1. The monoisotopic (exact) mass is 579 g/mol. The second kappa shape index (κ2) is 10.2. The van der Waals surface area contributed by atoms with Crippen molar-refractivity contribution >= 4 is 63.5 Å². The molecule has 0 spiro atoms. The largest absolute Gasteiger partial charge is 0.477 e. The third-order valence-corrected chi connectivity index (χ3v) is 7.89. The van der Waals surface area contributed by atoms with E-state index in [-0.39, 0.29) is 33.0 Å². The van der Waals surface area contributed by atoms with Crippen LogP contribution >= 0.6 is 34.9 Å². The van der Waals surface area contributed by atoms with E-state index in [0.717, 1.165) is 28.0 Å². The van der Waals surface area contributed by atoms with Crippen LogP contribution in [0, 0.1) is 0 Å². The number of nitrogens with zero attached hydrogens (tertiary/aromatic N) is 5. The molecular formula is C17H16F3N9O5S3. The second-order valence-electron chi connectivity index (χ2n) is 7.25. The van der Waals surface area contributed by atoms with Gasteiger partial charge in [0.25, 0.3) is 11.8 Å². The van der Waals surface area contributed by atoms with Crippen LogP contribution in [-0.4, -0.2) is 83.3 Å². The summed E-state index contributed by atoms with van der Waals surface area (Å²) < 4.78 is 38.3. The van der Waals surface area contributed by atoms with Gasteiger partial charge in [-0.3, -0.25) is 14.5 Å². The fraction of sp³-hybridized carbons (Fsp3) is 0.353. The normalized spacial score (nSPS) is 20.8. The number of aromatic nitrogens is 4. The zero-order valence-corrected chi connectivity index (χ0v) is 20.8. The van der Waals surface area contributed by atoms with Crippen LogP contribution in [-0.2, 0) is 25.4 Å². The van der Waals surface area contributed by atoms with Crippen LogP contribution in [0.3, 0.4) is 0 Å². The summed E-state index contributed by atoms with van der Waals surface area (Å²) in [5.41, 5.74) is 11.2. The van der Waals surface area contributed by atoms with Crippen molar-refractivity contribution in [1.29, 1.82) is 0 Å². The number of carbonyl (C=O) groups excluding carboxylic acids is 2. The maximum absolute atomic E-state index is 12.9. The molecule has 2 aromatic heterocycles. The number of halogens is 3. The van der Waals surface area contributed by atoms with Crippen LogP contribution in [0.1, 0.15) is 11.5 Å². The number of alkyl halides is 3. The number of anilines is 1. The van der Waals surface area contributed by atoms with Crippen molar-refractivity contribution in [1.82, 2.24) is 30.4 Å². The molecule has 0 aromatic carbocycles. The summed E-state index contributed by atoms with van der Waals surface area (Å²) in [4.78, 5) is 49.3. The van der Waals surface area contributed by atoms with E-state index < -0.39 is 52.3 Å². The highest BCUT2D eigenvalue weighted by atomic mass is 32.2. The van der Waals surface area contributed by atoms with Gasteiger partial charge in [0, 0.05) is 11.1 Å². The molecule has 37 heavy (non-hydrogen) atoms. The van der Waals surface area contributed by atoms with E-state index in [0.29, 0.717) is 11.8 Å². The first-order chi connectivity index (χ1) is 17.4. The predicted molar refractivity (Wildman–Crippen MR) is 125 cm³/mol. The third kappa shape index (κ3) is 5.22. The number of H-pyrrole nitrogens is 1. The molecule has 2 aliphatic heterocycles. The van der Waals surface area contributed by atoms with E-state index in [1.807, 2.05) is 4.98 Å². The summed E-state index contributed by atoms with van der Waals surface area (Å²) in [6.07, 6.45) is -4.75. The minimum atomic E-state index is -4.75. The smallest absolute Gasteiger partial charge is 0.451 e. The Hall–Kier alpha value is -3.36. The van der Waals surface area contributed by atoms with Gasteiger partial charge in [-0.2, -0.15) is 13.2 Å². The van der Waals surface area contributed by atoms with E-state index in [1.165, 1.54) is 12.5 Å². The summed E-state index contributed by atoms with van der Waals surface area (Å²) in [5.74, 6) is -4.32. The molecule has 0 bridgehead atoms. The van der Waals surface area contributed by atoms with E-state index in [9.17, 15) is 32.7 Å². The SMILES string of the molecule is CON=C(C(=O)N[C@@H]1C(=O)N2C(C(=O)O)=C(C(N)Sc3nnc(C(F)(F)F)[nH]3)CS[C@@H]12)c1csc(N)n1. The van der Waals surface area contributed by atoms with Gasteiger partial charge >= 0.3 is 12.1 Å². The minimum absolute atomic E-state index is 0.0124. The van der Waals surface area contributed by atoms with Gasteiger partial charge in [0.15, 0.2) is 16.0 Å². The molecule has 14 nitrogen and oxygen atoms in total. The van der Waals surface area contributed by atoms with Gasteiger partial charge in [-0.15, -0.1) is 33.3 Å². The van der Waals surface area contributed by atoms with E-state index in [4.69, 9.17) is 11.5 Å². The Bertz CT molecular complexity index is 1310. The number of amides is 2. The van der Waals surface area contributed by atoms with Crippen LogP contribution in [0.25, 0.3) is 0 Å². The van der Waals surface area contributed by atoms with Crippen LogP contribution in [0.5, 0.6) is 0 Å². The number of carbonyl (C=O) groups is 3. The lowest BCUT2D eigenvalue weighted by atomic mass is 10.0. The van der Waals surface area contributed by atoms with E-state index in [2.05, 4.69) is 30.5 Å². The summed E-state index contributed by atoms with van der Waals surface area (Å²) >= 11 is 2.79. The quantitative estimate of drug-likeness (QED) is 0.0921. The van der Waals surface area contributed by atoms with Crippen LogP contribution in [0.15, 0.2) is 27.0 Å². The van der Waals surface area contributed by atoms with Crippen molar-refractivity contribution in [3.63, 3.8) is 0 Å². The zero-order valence-electron chi connectivity index (χ0n) is 18.3. The standard InChI is InChI=1S/C17H16F3N9O5S3/c1-34-28-6(5-3-36-15(22)23-5)10(30)24-7-11(31)29-8(13(32)33)4(2-35-12(7)29)9(21)37-16-25-14(26-27-16)17(18,19)20/h3,7,9,12H,2,21H2,1H3,(H2,22,23)(H,24,30)(H,32,33)(H,25,26,27)/t7-,9?,12+/m1/s1. The average molecular weight is 580 g/mol. The number of aliphatic carboxylic acids is 1. The van der Waals surface area contributed by atoms with Gasteiger partial charge in [-0.05, 0) is 5.57 Å². The number of hydrogen-bond donors (Lipinski definition) is 5.